The largest absolute Gasteiger partial charge is 0.488 e. The fourth-order valence-electron chi connectivity index (χ4n) is 4.41. The van der Waals surface area contributed by atoms with Crippen LogP contribution in [0.25, 0.3) is 11.1 Å². The van der Waals surface area contributed by atoms with Gasteiger partial charge in [0.05, 0.1) is 0 Å². The Morgan fingerprint density at radius 3 is 2.20 bits per heavy atom. The minimum Gasteiger partial charge on any atom is -0.488 e. The van der Waals surface area contributed by atoms with E-state index in [2.05, 4.69) is 45.0 Å². The van der Waals surface area contributed by atoms with E-state index in [4.69, 9.17) is 15.5 Å². The monoisotopic (exact) mass is 496 g/mol. The fourth-order valence-corrected chi connectivity index (χ4v) is 4.41. The van der Waals surface area contributed by atoms with E-state index in [1.54, 1.807) is 6.07 Å². The van der Waals surface area contributed by atoms with E-state index in [-0.39, 0.29) is 24.6 Å². The zero-order valence-electron chi connectivity index (χ0n) is 21.8. The van der Waals surface area contributed by atoms with Crippen molar-refractivity contribution in [1.29, 1.82) is 0 Å². The second-order valence-corrected chi connectivity index (χ2v) is 9.56. The highest BCUT2D eigenvalue weighted by Crippen LogP contribution is 2.35. The van der Waals surface area contributed by atoms with Crippen LogP contribution in [0.5, 0.6) is 5.75 Å². The molecule has 0 radical (unpaired) electrons. The summed E-state index contributed by atoms with van der Waals surface area (Å²) in [5, 5.41) is 9.81. The number of pyridine rings is 1. The first kappa shape index (κ1) is 28.3. The molecule has 0 spiro atoms. The summed E-state index contributed by atoms with van der Waals surface area (Å²) in [6.07, 6.45) is 0.840. The highest BCUT2D eigenvalue weighted by atomic mass is 35.5. The third-order valence-electron chi connectivity index (χ3n) is 6.53. The quantitative estimate of drug-likeness (QED) is 0.364. The molecular weight excluding hydrogens is 460 g/mol. The van der Waals surface area contributed by atoms with Crippen molar-refractivity contribution in [2.45, 2.75) is 68.0 Å². The maximum atomic E-state index is 12.0. The van der Waals surface area contributed by atoms with Crippen molar-refractivity contribution in [3.8, 4) is 16.9 Å². The topological polar surface area (TPSA) is 85.4 Å². The maximum absolute atomic E-state index is 12.0. The third-order valence-corrected chi connectivity index (χ3v) is 6.53. The summed E-state index contributed by atoms with van der Waals surface area (Å²) < 4.78 is 6.28. The van der Waals surface area contributed by atoms with Crippen LogP contribution in [0, 0.1) is 40.5 Å². The number of ether oxygens (including phenoxy) is 1. The van der Waals surface area contributed by atoms with E-state index in [0.717, 1.165) is 56.8 Å². The van der Waals surface area contributed by atoms with Crippen molar-refractivity contribution in [3.05, 3.63) is 80.7 Å². The average Bonchev–Trinajstić information content (AvgIpc) is 2.77. The molecule has 0 aliphatic heterocycles. The molecule has 6 heteroatoms. The van der Waals surface area contributed by atoms with Crippen LogP contribution in [0.4, 0.5) is 0 Å². The second-order valence-electron chi connectivity index (χ2n) is 9.56. The van der Waals surface area contributed by atoms with Crippen molar-refractivity contribution in [2.24, 2.45) is 11.7 Å². The second kappa shape index (κ2) is 11.7. The van der Waals surface area contributed by atoms with Gasteiger partial charge >= 0.3 is 5.97 Å². The Labute approximate surface area is 215 Å². The lowest BCUT2D eigenvalue weighted by Gasteiger charge is -2.22. The molecule has 3 rings (SSSR count). The molecule has 0 saturated carbocycles. The number of carboxylic acids is 1. The highest BCUT2D eigenvalue weighted by molar-refractivity contribution is 5.92. The highest BCUT2D eigenvalue weighted by Gasteiger charge is 2.22. The number of nitrogens with two attached hydrogens (primary N) is 1. The fraction of sp³-hybridized carbons (Fsp3) is 0.379. The predicted molar refractivity (Wildman–Crippen MR) is 145 cm³/mol. The molecule has 3 aromatic rings. The Balaban J connectivity index is 0.00000432. The Hall–Kier alpha value is -2.89. The van der Waals surface area contributed by atoms with E-state index >= 15 is 0 Å². The molecule has 188 valence electrons. The van der Waals surface area contributed by atoms with Gasteiger partial charge in [0.2, 0.25) is 0 Å². The first-order valence-corrected chi connectivity index (χ1v) is 11.8. The lowest BCUT2D eigenvalue weighted by Crippen LogP contribution is -2.15. The van der Waals surface area contributed by atoms with Crippen LogP contribution < -0.4 is 10.5 Å². The van der Waals surface area contributed by atoms with Crippen molar-refractivity contribution >= 4 is 18.4 Å². The molecule has 5 nitrogen and oxygen atoms in total. The molecular formula is C29H37ClN2O3. The summed E-state index contributed by atoms with van der Waals surface area (Å²) in [5.41, 5.74) is 16.4. The summed E-state index contributed by atoms with van der Waals surface area (Å²) in [4.78, 5) is 16.9. The van der Waals surface area contributed by atoms with Crippen LogP contribution in [0.1, 0.15) is 69.0 Å². The minimum atomic E-state index is -0.996. The number of carbonyl (C=O) groups is 1. The van der Waals surface area contributed by atoms with E-state index in [0.29, 0.717) is 18.2 Å². The zero-order valence-corrected chi connectivity index (χ0v) is 22.6. The SMILES string of the molecule is Cc1ccc(-c2c(COc3c(C(=O)O)cc(C)c(C)c3C)c(C)nc(CC(C)C)c2CN)cc1.Cl. The first-order valence-electron chi connectivity index (χ1n) is 11.8. The summed E-state index contributed by atoms with van der Waals surface area (Å²) in [7, 11) is 0. The van der Waals surface area contributed by atoms with Crippen LogP contribution >= 0.6 is 12.4 Å². The number of hydrogen-bond donors (Lipinski definition) is 2. The number of aromatic carboxylic acids is 1. The van der Waals surface area contributed by atoms with E-state index in [9.17, 15) is 9.90 Å². The van der Waals surface area contributed by atoms with Gasteiger partial charge in [0.15, 0.2) is 0 Å². The zero-order chi connectivity index (χ0) is 25.2. The number of aryl methyl sites for hydroxylation is 3. The summed E-state index contributed by atoms with van der Waals surface area (Å²) in [6, 6.07) is 10.1. The Bertz CT molecular complexity index is 1220. The average molecular weight is 497 g/mol. The van der Waals surface area contributed by atoms with Crippen molar-refractivity contribution in [2.75, 3.05) is 0 Å². The molecule has 0 aliphatic carbocycles. The molecule has 0 amide bonds. The van der Waals surface area contributed by atoms with Gasteiger partial charge in [-0.1, -0.05) is 43.7 Å². The van der Waals surface area contributed by atoms with Crippen LogP contribution in [-0.2, 0) is 19.6 Å². The molecule has 0 aliphatic rings. The van der Waals surface area contributed by atoms with Gasteiger partial charge in [-0.05, 0) is 86.4 Å². The van der Waals surface area contributed by atoms with Gasteiger partial charge in [-0.2, -0.15) is 0 Å². The van der Waals surface area contributed by atoms with Gasteiger partial charge < -0.3 is 15.6 Å². The summed E-state index contributed by atoms with van der Waals surface area (Å²) in [5.74, 6) is -0.142. The Morgan fingerprint density at radius 1 is 1.03 bits per heavy atom. The molecule has 1 aromatic heterocycles. The molecule has 1 heterocycles. The molecule has 0 unspecified atom stereocenters. The lowest BCUT2D eigenvalue weighted by atomic mass is 9.90. The number of rotatable bonds is 8. The Morgan fingerprint density at radius 2 is 1.66 bits per heavy atom. The van der Waals surface area contributed by atoms with Crippen LogP contribution in [0.3, 0.4) is 0 Å². The van der Waals surface area contributed by atoms with Crippen LogP contribution in [-0.4, -0.2) is 16.1 Å². The standard InChI is InChI=1S/C29H36N2O3.ClH/c1-16(2)12-26-24(14-30)27(22-10-8-17(3)9-11-22)25(21(7)31-26)15-34-28-20(6)19(5)18(4)13-23(28)29(32)33;/h8-11,13,16H,12,14-15,30H2,1-7H3,(H,32,33);1H. The van der Waals surface area contributed by atoms with Gasteiger partial charge in [0.1, 0.15) is 17.9 Å². The van der Waals surface area contributed by atoms with Gasteiger partial charge in [0.25, 0.3) is 0 Å². The van der Waals surface area contributed by atoms with E-state index < -0.39 is 5.97 Å². The predicted octanol–water partition coefficient (Wildman–Crippen LogP) is 6.65. The smallest absolute Gasteiger partial charge is 0.339 e. The summed E-state index contributed by atoms with van der Waals surface area (Å²) >= 11 is 0. The van der Waals surface area contributed by atoms with Gasteiger partial charge in [-0.25, -0.2) is 4.79 Å². The number of hydrogen-bond acceptors (Lipinski definition) is 4. The molecule has 0 bridgehead atoms. The molecule has 0 saturated heterocycles. The molecule has 0 atom stereocenters. The number of nitrogens with zero attached hydrogens (tertiary/aromatic N) is 1. The number of aromatic nitrogens is 1. The lowest BCUT2D eigenvalue weighted by molar-refractivity contribution is 0.0691. The normalized spacial score (nSPS) is 10.9. The van der Waals surface area contributed by atoms with Crippen molar-refractivity contribution in [1.82, 2.24) is 4.98 Å². The maximum Gasteiger partial charge on any atom is 0.339 e. The molecule has 35 heavy (non-hydrogen) atoms. The van der Waals surface area contributed by atoms with Crippen LogP contribution in [0.2, 0.25) is 0 Å². The molecule has 3 N–H and O–H groups in total. The number of halogens is 1. The number of benzene rings is 2. The van der Waals surface area contributed by atoms with Crippen molar-refractivity contribution < 1.29 is 14.6 Å². The van der Waals surface area contributed by atoms with Crippen molar-refractivity contribution in [3.63, 3.8) is 0 Å². The van der Waals surface area contributed by atoms with Crippen LogP contribution in [0.15, 0.2) is 30.3 Å². The molecule has 2 aromatic carbocycles. The minimum absolute atomic E-state index is 0. The first-order chi connectivity index (χ1) is 16.0. The van der Waals surface area contributed by atoms with Gasteiger partial charge in [-0.3, -0.25) is 4.98 Å². The molecule has 0 fully saturated rings. The van der Waals surface area contributed by atoms with Gasteiger partial charge in [-0.15, -0.1) is 12.4 Å². The Kier molecular flexibility index (Phi) is 9.47. The number of carboxylic acid groups (broad SMARTS) is 1. The van der Waals surface area contributed by atoms with Gasteiger partial charge in [0, 0.05) is 23.5 Å². The third kappa shape index (κ3) is 6.03. The van der Waals surface area contributed by atoms with E-state index in [1.807, 2.05) is 27.7 Å². The van der Waals surface area contributed by atoms with E-state index in [1.165, 1.54) is 5.56 Å². The summed E-state index contributed by atoms with van der Waals surface area (Å²) in [6.45, 7) is 14.8.